The standard InChI is InChI=1S/C11H14FNO3/c1-4-16-7-5-8(15-3)11(13)10(12)9(7)6(2)14/h5H,4,13H2,1-3H3. The second kappa shape index (κ2) is 4.83. The number of ketones is 1. The third-order valence-electron chi connectivity index (χ3n) is 2.10. The van der Waals surface area contributed by atoms with E-state index < -0.39 is 11.6 Å². The van der Waals surface area contributed by atoms with Gasteiger partial charge in [0, 0.05) is 6.07 Å². The van der Waals surface area contributed by atoms with E-state index in [4.69, 9.17) is 15.2 Å². The van der Waals surface area contributed by atoms with Crippen LogP contribution in [0, 0.1) is 5.82 Å². The van der Waals surface area contributed by atoms with Crippen molar-refractivity contribution in [3.05, 3.63) is 17.4 Å². The molecule has 0 aliphatic carbocycles. The minimum Gasteiger partial charge on any atom is -0.494 e. The zero-order valence-corrected chi connectivity index (χ0v) is 9.46. The summed E-state index contributed by atoms with van der Waals surface area (Å²) >= 11 is 0. The lowest BCUT2D eigenvalue weighted by molar-refractivity contribution is 0.101. The summed E-state index contributed by atoms with van der Waals surface area (Å²) in [4.78, 5) is 11.3. The number of hydrogen-bond acceptors (Lipinski definition) is 4. The Hall–Kier alpha value is -1.78. The monoisotopic (exact) mass is 227 g/mol. The van der Waals surface area contributed by atoms with Crippen molar-refractivity contribution in [2.45, 2.75) is 13.8 Å². The first-order valence-electron chi connectivity index (χ1n) is 4.82. The number of anilines is 1. The van der Waals surface area contributed by atoms with E-state index in [1.54, 1.807) is 6.92 Å². The molecule has 1 aromatic carbocycles. The van der Waals surface area contributed by atoms with Crippen LogP contribution in [0.5, 0.6) is 11.5 Å². The molecule has 0 saturated heterocycles. The molecule has 0 heterocycles. The Morgan fingerprint density at radius 1 is 1.50 bits per heavy atom. The fraction of sp³-hybridized carbons (Fsp3) is 0.364. The van der Waals surface area contributed by atoms with Crippen molar-refractivity contribution in [1.82, 2.24) is 0 Å². The molecule has 0 unspecified atom stereocenters. The Morgan fingerprint density at radius 2 is 2.12 bits per heavy atom. The molecule has 0 aliphatic rings. The molecule has 0 spiro atoms. The van der Waals surface area contributed by atoms with Gasteiger partial charge in [-0.1, -0.05) is 0 Å². The van der Waals surface area contributed by atoms with Crippen LogP contribution in [0.15, 0.2) is 6.07 Å². The van der Waals surface area contributed by atoms with Crippen LogP contribution in [0.4, 0.5) is 10.1 Å². The van der Waals surface area contributed by atoms with Gasteiger partial charge in [-0.15, -0.1) is 0 Å². The van der Waals surface area contributed by atoms with Gasteiger partial charge >= 0.3 is 0 Å². The summed E-state index contributed by atoms with van der Waals surface area (Å²) in [5.41, 5.74) is 5.17. The van der Waals surface area contributed by atoms with Crippen LogP contribution in [-0.2, 0) is 0 Å². The number of rotatable bonds is 4. The third-order valence-corrected chi connectivity index (χ3v) is 2.10. The van der Waals surface area contributed by atoms with Gasteiger partial charge in [0.05, 0.1) is 19.3 Å². The summed E-state index contributed by atoms with van der Waals surface area (Å²) < 4.78 is 23.8. The molecule has 0 fully saturated rings. The number of nitrogens with two attached hydrogens (primary N) is 1. The Morgan fingerprint density at radius 3 is 2.56 bits per heavy atom. The Bertz CT molecular complexity index is 418. The molecule has 0 aliphatic heterocycles. The number of ether oxygens (including phenoxy) is 2. The maximum atomic E-state index is 13.8. The molecule has 2 N–H and O–H groups in total. The highest BCUT2D eigenvalue weighted by molar-refractivity contribution is 5.98. The minimum atomic E-state index is -0.796. The topological polar surface area (TPSA) is 61.6 Å². The molecule has 1 rings (SSSR count). The maximum absolute atomic E-state index is 13.8. The first kappa shape index (κ1) is 12.3. The first-order chi connectivity index (χ1) is 7.52. The zero-order chi connectivity index (χ0) is 12.3. The Kier molecular flexibility index (Phi) is 3.71. The second-order valence-electron chi connectivity index (χ2n) is 3.17. The molecule has 0 aromatic heterocycles. The fourth-order valence-electron chi connectivity index (χ4n) is 1.39. The van der Waals surface area contributed by atoms with Gasteiger partial charge < -0.3 is 15.2 Å². The number of Topliss-reactive ketones (excluding diaryl/α,β-unsaturated/α-hetero) is 1. The molecular formula is C11H14FNO3. The number of halogens is 1. The predicted molar refractivity (Wildman–Crippen MR) is 58.5 cm³/mol. The average molecular weight is 227 g/mol. The van der Waals surface area contributed by atoms with E-state index in [-0.39, 0.29) is 22.7 Å². The second-order valence-corrected chi connectivity index (χ2v) is 3.17. The summed E-state index contributed by atoms with van der Waals surface area (Å²) in [5.74, 6) is -0.921. The average Bonchev–Trinajstić information content (AvgIpc) is 2.23. The number of hydrogen-bond donors (Lipinski definition) is 1. The van der Waals surface area contributed by atoms with E-state index in [2.05, 4.69) is 0 Å². The van der Waals surface area contributed by atoms with Gasteiger partial charge in [-0.2, -0.15) is 0 Å². The lowest BCUT2D eigenvalue weighted by Gasteiger charge is -2.13. The molecule has 88 valence electrons. The Labute approximate surface area is 93.2 Å². The molecule has 16 heavy (non-hydrogen) atoms. The van der Waals surface area contributed by atoms with E-state index >= 15 is 0 Å². The predicted octanol–water partition coefficient (Wildman–Crippen LogP) is 2.02. The largest absolute Gasteiger partial charge is 0.494 e. The molecule has 1 aromatic rings. The number of methoxy groups -OCH3 is 1. The summed E-state index contributed by atoms with van der Waals surface area (Å²) in [6.45, 7) is 3.32. The van der Waals surface area contributed by atoms with Crippen molar-refractivity contribution in [3.8, 4) is 11.5 Å². The van der Waals surface area contributed by atoms with Crippen molar-refractivity contribution in [2.24, 2.45) is 0 Å². The van der Waals surface area contributed by atoms with Crippen molar-refractivity contribution < 1.29 is 18.7 Å². The van der Waals surface area contributed by atoms with E-state index in [0.717, 1.165) is 0 Å². The van der Waals surface area contributed by atoms with Gasteiger partial charge in [0.1, 0.15) is 17.2 Å². The Balaban J connectivity index is 3.45. The molecule has 4 nitrogen and oxygen atoms in total. The van der Waals surface area contributed by atoms with Crippen LogP contribution in [0.1, 0.15) is 24.2 Å². The molecule has 0 saturated carbocycles. The number of nitrogen functional groups attached to an aromatic ring is 1. The lowest BCUT2D eigenvalue weighted by Crippen LogP contribution is -2.08. The van der Waals surface area contributed by atoms with Crippen LogP contribution in [-0.4, -0.2) is 19.5 Å². The lowest BCUT2D eigenvalue weighted by atomic mass is 10.1. The SMILES string of the molecule is CCOc1cc(OC)c(N)c(F)c1C(C)=O. The van der Waals surface area contributed by atoms with E-state index in [1.807, 2.05) is 0 Å². The van der Waals surface area contributed by atoms with E-state index in [0.29, 0.717) is 6.61 Å². The van der Waals surface area contributed by atoms with Crippen LogP contribution >= 0.6 is 0 Å². The number of carbonyl (C=O) groups is 1. The molecule has 0 atom stereocenters. The zero-order valence-electron chi connectivity index (χ0n) is 9.46. The number of benzene rings is 1. The quantitative estimate of drug-likeness (QED) is 0.631. The van der Waals surface area contributed by atoms with Crippen molar-refractivity contribution in [3.63, 3.8) is 0 Å². The highest BCUT2D eigenvalue weighted by atomic mass is 19.1. The summed E-state index contributed by atoms with van der Waals surface area (Å²) in [6, 6.07) is 1.42. The summed E-state index contributed by atoms with van der Waals surface area (Å²) in [7, 11) is 1.37. The minimum absolute atomic E-state index is 0.139. The van der Waals surface area contributed by atoms with Crippen LogP contribution in [0.3, 0.4) is 0 Å². The van der Waals surface area contributed by atoms with Gasteiger partial charge in [-0.05, 0) is 13.8 Å². The molecule has 0 bridgehead atoms. The van der Waals surface area contributed by atoms with Gasteiger partial charge in [0.15, 0.2) is 11.6 Å². The van der Waals surface area contributed by atoms with Crippen molar-refractivity contribution in [2.75, 3.05) is 19.5 Å². The van der Waals surface area contributed by atoms with Crippen LogP contribution in [0.2, 0.25) is 0 Å². The third kappa shape index (κ3) is 2.08. The fourth-order valence-corrected chi connectivity index (χ4v) is 1.39. The maximum Gasteiger partial charge on any atom is 0.166 e. The summed E-state index contributed by atoms with van der Waals surface area (Å²) in [5, 5.41) is 0. The molecule has 5 heteroatoms. The van der Waals surface area contributed by atoms with Gasteiger partial charge in [0.25, 0.3) is 0 Å². The first-order valence-corrected chi connectivity index (χ1v) is 4.82. The normalized spacial score (nSPS) is 10.0. The summed E-state index contributed by atoms with van der Waals surface area (Å²) in [6.07, 6.45) is 0. The molecule has 0 amide bonds. The molecular weight excluding hydrogens is 213 g/mol. The highest BCUT2D eigenvalue weighted by Crippen LogP contribution is 2.34. The van der Waals surface area contributed by atoms with Gasteiger partial charge in [0.2, 0.25) is 0 Å². The van der Waals surface area contributed by atoms with E-state index in [9.17, 15) is 9.18 Å². The van der Waals surface area contributed by atoms with Gasteiger partial charge in [-0.25, -0.2) is 4.39 Å². The van der Waals surface area contributed by atoms with Crippen LogP contribution in [0.25, 0.3) is 0 Å². The van der Waals surface area contributed by atoms with Gasteiger partial charge in [-0.3, -0.25) is 4.79 Å². The van der Waals surface area contributed by atoms with Crippen molar-refractivity contribution in [1.29, 1.82) is 0 Å². The van der Waals surface area contributed by atoms with E-state index in [1.165, 1.54) is 20.1 Å². The van der Waals surface area contributed by atoms with Crippen LogP contribution < -0.4 is 15.2 Å². The molecule has 0 radical (unpaired) electrons. The highest BCUT2D eigenvalue weighted by Gasteiger charge is 2.20. The van der Waals surface area contributed by atoms with Crippen molar-refractivity contribution >= 4 is 11.5 Å². The number of carbonyl (C=O) groups excluding carboxylic acids is 1. The smallest absolute Gasteiger partial charge is 0.166 e.